The number of rotatable bonds is 6. The number of thiocarbonyl (C=S) groups is 1. The Morgan fingerprint density at radius 1 is 1.06 bits per heavy atom. The van der Waals surface area contributed by atoms with Crippen LogP contribution in [0.15, 0.2) is 64.6 Å². The van der Waals surface area contributed by atoms with Crippen LogP contribution in [0.4, 0.5) is 5.69 Å². The van der Waals surface area contributed by atoms with Gasteiger partial charge in [-0.3, -0.25) is 19.8 Å². The SMILES string of the molecule is COc1cc(/C=C2\C(=O)NC(=S)N(c3cccc(Cl)c3)C2=O)cc(Br)c1OCc1ccc(Cl)cc1Cl. The van der Waals surface area contributed by atoms with E-state index < -0.39 is 11.8 Å². The van der Waals surface area contributed by atoms with Gasteiger partial charge >= 0.3 is 0 Å². The molecular formula is C25H16BrCl3N2O4S. The molecule has 4 rings (SSSR count). The molecule has 1 N–H and O–H groups in total. The molecule has 6 nitrogen and oxygen atoms in total. The predicted octanol–water partition coefficient (Wildman–Crippen LogP) is 6.83. The molecule has 0 unspecified atom stereocenters. The summed E-state index contributed by atoms with van der Waals surface area (Å²) in [7, 11) is 1.48. The van der Waals surface area contributed by atoms with Crippen LogP contribution in [0.3, 0.4) is 0 Å². The number of ether oxygens (including phenoxy) is 2. The third kappa shape index (κ3) is 5.68. The number of anilines is 1. The van der Waals surface area contributed by atoms with Gasteiger partial charge < -0.3 is 9.47 Å². The van der Waals surface area contributed by atoms with Crippen LogP contribution in [0.25, 0.3) is 6.08 Å². The van der Waals surface area contributed by atoms with Crippen molar-refractivity contribution in [3.63, 3.8) is 0 Å². The highest BCUT2D eigenvalue weighted by Crippen LogP contribution is 2.38. The summed E-state index contributed by atoms with van der Waals surface area (Å²) in [6.07, 6.45) is 1.45. The van der Waals surface area contributed by atoms with Gasteiger partial charge in [0.25, 0.3) is 11.8 Å². The van der Waals surface area contributed by atoms with Crippen molar-refractivity contribution in [1.29, 1.82) is 0 Å². The van der Waals surface area contributed by atoms with Gasteiger partial charge in [-0.05, 0) is 82.3 Å². The van der Waals surface area contributed by atoms with E-state index in [0.717, 1.165) is 5.56 Å². The van der Waals surface area contributed by atoms with E-state index in [9.17, 15) is 9.59 Å². The summed E-state index contributed by atoms with van der Waals surface area (Å²) in [6.45, 7) is 0.165. The Balaban J connectivity index is 1.64. The van der Waals surface area contributed by atoms with Crippen molar-refractivity contribution in [2.75, 3.05) is 12.0 Å². The number of carbonyl (C=O) groups excluding carboxylic acids is 2. The number of hydrogen-bond acceptors (Lipinski definition) is 5. The Labute approximate surface area is 235 Å². The van der Waals surface area contributed by atoms with Gasteiger partial charge in [-0.25, -0.2) is 0 Å². The second-order valence-electron chi connectivity index (χ2n) is 7.50. The van der Waals surface area contributed by atoms with Crippen molar-refractivity contribution in [3.05, 3.63) is 90.8 Å². The summed E-state index contributed by atoms with van der Waals surface area (Å²) < 4.78 is 12.0. The quantitative estimate of drug-likeness (QED) is 0.185. The highest BCUT2D eigenvalue weighted by Gasteiger charge is 2.34. The van der Waals surface area contributed by atoms with E-state index in [2.05, 4.69) is 21.2 Å². The van der Waals surface area contributed by atoms with Gasteiger partial charge in [-0.1, -0.05) is 46.9 Å². The maximum atomic E-state index is 13.3. The van der Waals surface area contributed by atoms with E-state index in [1.165, 1.54) is 18.1 Å². The Morgan fingerprint density at radius 3 is 2.50 bits per heavy atom. The van der Waals surface area contributed by atoms with E-state index in [0.29, 0.717) is 42.3 Å². The van der Waals surface area contributed by atoms with Crippen LogP contribution >= 0.6 is 63.0 Å². The van der Waals surface area contributed by atoms with Crippen molar-refractivity contribution >= 4 is 91.6 Å². The molecule has 0 aromatic heterocycles. The molecule has 2 amide bonds. The zero-order chi connectivity index (χ0) is 26.0. The minimum Gasteiger partial charge on any atom is -0.493 e. The molecule has 0 radical (unpaired) electrons. The van der Waals surface area contributed by atoms with Crippen LogP contribution in [-0.4, -0.2) is 24.0 Å². The summed E-state index contributed by atoms with van der Waals surface area (Å²) in [4.78, 5) is 27.1. The minimum atomic E-state index is -0.615. The molecule has 1 saturated heterocycles. The van der Waals surface area contributed by atoms with Crippen molar-refractivity contribution in [1.82, 2.24) is 5.32 Å². The lowest BCUT2D eigenvalue weighted by molar-refractivity contribution is -0.122. The fraction of sp³-hybridized carbons (Fsp3) is 0.0800. The summed E-state index contributed by atoms with van der Waals surface area (Å²) in [6, 6.07) is 15.1. The van der Waals surface area contributed by atoms with E-state index >= 15 is 0 Å². The zero-order valence-corrected chi connectivity index (χ0v) is 23.2. The van der Waals surface area contributed by atoms with Gasteiger partial charge in [-0.15, -0.1) is 0 Å². The number of methoxy groups -OCH3 is 1. The normalized spacial score (nSPS) is 14.8. The molecule has 36 heavy (non-hydrogen) atoms. The number of nitrogens with one attached hydrogen (secondary N) is 1. The van der Waals surface area contributed by atoms with Gasteiger partial charge in [0.2, 0.25) is 0 Å². The maximum absolute atomic E-state index is 13.3. The van der Waals surface area contributed by atoms with Gasteiger partial charge in [-0.2, -0.15) is 0 Å². The molecule has 0 saturated carbocycles. The number of hydrogen-bond donors (Lipinski definition) is 1. The first-order valence-corrected chi connectivity index (χ1v) is 12.6. The number of amides is 2. The Hall–Kier alpha value is -2.62. The third-order valence-corrected chi connectivity index (χ3v) is 6.81. The zero-order valence-electron chi connectivity index (χ0n) is 18.5. The number of halogens is 4. The maximum Gasteiger partial charge on any atom is 0.270 e. The van der Waals surface area contributed by atoms with Gasteiger partial charge in [0.1, 0.15) is 12.2 Å². The Kier molecular flexibility index (Phi) is 8.22. The van der Waals surface area contributed by atoms with Crippen molar-refractivity contribution < 1.29 is 19.1 Å². The predicted molar refractivity (Wildman–Crippen MR) is 149 cm³/mol. The molecule has 0 spiro atoms. The monoisotopic (exact) mass is 624 g/mol. The standard InChI is InChI=1S/C25H16BrCl3N2O4S/c1-34-21-9-13(8-19(26)22(21)35-12-14-5-6-16(28)11-20(14)29)7-18-23(32)30-25(36)31(24(18)33)17-4-2-3-15(27)10-17/h2-11H,12H2,1H3,(H,30,32,36)/b18-7+. The number of benzene rings is 3. The minimum absolute atomic E-state index is 0.0345. The van der Waals surface area contributed by atoms with Gasteiger partial charge in [0, 0.05) is 20.6 Å². The van der Waals surface area contributed by atoms with Crippen LogP contribution in [0.1, 0.15) is 11.1 Å². The summed E-state index contributed by atoms with van der Waals surface area (Å²) in [5, 5.41) is 3.94. The Bertz CT molecular complexity index is 1430. The van der Waals surface area contributed by atoms with Gasteiger partial charge in [0.05, 0.1) is 17.3 Å². The molecule has 0 atom stereocenters. The van der Waals surface area contributed by atoms with Crippen LogP contribution in [0.2, 0.25) is 15.1 Å². The molecule has 1 aliphatic rings. The molecule has 0 aliphatic carbocycles. The average Bonchev–Trinajstić information content (AvgIpc) is 2.81. The first-order chi connectivity index (χ1) is 17.2. The van der Waals surface area contributed by atoms with Crippen LogP contribution in [0.5, 0.6) is 11.5 Å². The molecular weight excluding hydrogens is 611 g/mol. The van der Waals surface area contributed by atoms with E-state index in [4.69, 9.17) is 56.5 Å². The molecule has 1 aliphatic heterocycles. The summed E-state index contributed by atoms with van der Waals surface area (Å²) in [5.41, 5.74) is 1.58. The average molecular weight is 627 g/mol. The highest BCUT2D eigenvalue weighted by molar-refractivity contribution is 9.10. The topological polar surface area (TPSA) is 67.9 Å². The van der Waals surface area contributed by atoms with E-state index in [1.807, 2.05) is 0 Å². The second kappa shape index (κ2) is 11.2. The van der Waals surface area contributed by atoms with Gasteiger partial charge in [0.15, 0.2) is 16.6 Å². The first-order valence-electron chi connectivity index (χ1n) is 10.3. The van der Waals surface area contributed by atoms with Crippen LogP contribution in [0, 0.1) is 0 Å². The lowest BCUT2D eigenvalue weighted by atomic mass is 10.1. The van der Waals surface area contributed by atoms with E-state index in [-0.39, 0.29) is 17.3 Å². The van der Waals surface area contributed by atoms with Crippen molar-refractivity contribution in [2.45, 2.75) is 6.61 Å². The van der Waals surface area contributed by atoms with Crippen LogP contribution in [-0.2, 0) is 16.2 Å². The van der Waals surface area contributed by atoms with E-state index in [1.54, 1.807) is 54.6 Å². The first kappa shape index (κ1) is 26.4. The molecule has 3 aromatic carbocycles. The molecule has 0 bridgehead atoms. The Morgan fingerprint density at radius 2 is 1.81 bits per heavy atom. The second-order valence-corrected chi connectivity index (χ2v) is 10.0. The fourth-order valence-electron chi connectivity index (χ4n) is 3.43. The molecule has 11 heteroatoms. The molecule has 184 valence electrons. The van der Waals surface area contributed by atoms with Crippen molar-refractivity contribution in [2.24, 2.45) is 0 Å². The molecule has 1 fully saturated rings. The highest BCUT2D eigenvalue weighted by atomic mass is 79.9. The lowest BCUT2D eigenvalue weighted by Gasteiger charge is -2.29. The smallest absolute Gasteiger partial charge is 0.270 e. The van der Waals surface area contributed by atoms with Crippen molar-refractivity contribution in [3.8, 4) is 11.5 Å². The van der Waals surface area contributed by atoms with Crippen LogP contribution < -0.4 is 19.7 Å². The summed E-state index contributed by atoms with van der Waals surface area (Å²) >= 11 is 27.0. The number of carbonyl (C=O) groups is 2. The molecule has 1 heterocycles. The number of nitrogens with zero attached hydrogens (tertiary/aromatic N) is 1. The third-order valence-electron chi connectivity index (χ3n) is 5.12. The lowest BCUT2D eigenvalue weighted by Crippen LogP contribution is -2.54. The summed E-state index contributed by atoms with van der Waals surface area (Å²) in [5.74, 6) is -0.395. The fourth-order valence-corrected chi connectivity index (χ4v) is 4.93. The molecule has 3 aromatic rings. The largest absolute Gasteiger partial charge is 0.493 e.